The Morgan fingerprint density at radius 3 is 2.55 bits per heavy atom. The summed E-state index contributed by atoms with van der Waals surface area (Å²) in [7, 11) is 4.39. The number of piperidine rings is 1. The molecule has 1 heterocycles. The average molecular weight is 277 g/mol. The van der Waals surface area contributed by atoms with E-state index in [0.29, 0.717) is 0 Å². The average Bonchev–Trinajstić information content (AvgIpc) is 2.44. The first-order valence-corrected chi connectivity index (χ1v) is 7.49. The van der Waals surface area contributed by atoms with E-state index in [2.05, 4.69) is 23.9 Å². The first-order valence-electron chi connectivity index (χ1n) is 7.49. The normalized spacial score (nSPS) is 17.6. The van der Waals surface area contributed by atoms with Crippen molar-refractivity contribution in [2.45, 2.75) is 12.8 Å². The third kappa shape index (κ3) is 5.02. The molecule has 0 saturated carbocycles. The molecule has 2 N–H and O–H groups in total. The zero-order valence-electron chi connectivity index (χ0n) is 12.7. The highest BCUT2D eigenvalue weighted by molar-refractivity contribution is 5.41. The van der Waals surface area contributed by atoms with Gasteiger partial charge in [0.25, 0.3) is 0 Å². The lowest BCUT2D eigenvalue weighted by molar-refractivity contribution is 0.162. The third-order valence-electron chi connectivity index (χ3n) is 4.03. The molecule has 0 atom stereocenters. The van der Waals surface area contributed by atoms with Crippen molar-refractivity contribution in [1.82, 2.24) is 9.80 Å². The van der Waals surface area contributed by atoms with Gasteiger partial charge in [0, 0.05) is 18.8 Å². The number of anilines is 1. The van der Waals surface area contributed by atoms with E-state index in [1.165, 1.54) is 32.5 Å². The van der Waals surface area contributed by atoms with Crippen molar-refractivity contribution in [3.8, 4) is 5.75 Å². The summed E-state index contributed by atoms with van der Waals surface area (Å²) in [6.07, 6.45) is 2.64. The topological polar surface area (TPSA) is 41.7 Å². The number of hydrogen-bond acceptors (Lipinski definition) is 4. The van der Waals surface area contributed by atoms with Crippen molar-refractivity contribution in [1.29, 1.82) is 0 Å². The standard InChI is InChI=1S/C16H27N3O/c1-18-9-7-14(8-10-18)13-19(2)11-12-20-16-5-3-15(17)4-6-16/h3-6,14H,7-13,17H2,1-2H3. The summed E-state index contributed by atoms with van der Waals surface area (Å²) in [5, 5.41) is 0. The van der Waals surface area contributed by atoms with E-state index in [1.54, 1.807) is 0 Å². The van der Waals surface area contributed by atoms with Gasteiger partial charge in [-0.2, -0.15) is 0 Å². The molecular weight excluding hydrogens is 250 g/mol. The molecule has 1 saturated heterocycles. The van der Waals surface area contributed by atoms with Gasteiger partial charge < -0.3 is 20.3 Å². The summed E-state index contributed by atoms with van der Waals surface area (Å²) in [6, 6.07) is 7.59. The number of likely N-dealkylation sites (N-methyl/N-ethyl adjacent to an activating group) is 1. The molecule has 20 heavy (non-hydrogen) atoms. The quantitative estimate of drug-likeness (QED) is 0.807. The van der Waals surface area contributed by atoms with Crippen molar-refractivity contribution < 1.29 is 4.74 Å². The zero-order valence-corrected chi connectivity index (χ0v) is 12.7. The van der Waals surface area contributed by atoms with Gasteiger partial charge in [-0.1, -0.05) is 0 Å². The van der Waals surface area contributed by atoms with E-state index in [0.717, 1.165) is 30.5 Å². The van der Waals surface area contributed by atoms with Crippen LogP contribution in [-0.2, 0) is 0 Å². The molecule has 112 valence electrons. The monoisotopic (exact) mass is 277 g/mol. The Bertz CT molecular complexity index is 385. The van der Waals surface area contributed by atoms with E-state index >= 15 is 0 Å². The molecule has 1 aromatic carbocycles. The summed E-state index contributed by atoms with van der Waals surface area (Å²) in [5.74, 6) is 1.74. The fourth-order valence-electron chi connectivity index (χ4n) is 2.66. The van der Waals surface area contributed by atoms with Crippen molar-refractivity contribution in [2.24, 2.45) is 5.92 Å². The summed E-state index contributed by atoms with van der Waals surface area (Å²) in [5.41, 5.74) is 6.42. The molecular formula is C16H27N3O. The van der Waals surface area contributed by atoms with Crippen LogP contribution in [0.25, 0.3) is 0 Å². The van der Waals surface area contributed by atoms with Gasteiger partial charge in [0.05, 0.1) is 0 Å². The zero-order chi connectivity index (χ0) is 14.4. The Hall–Kier alpha value is -1.26. The third-order valence-corrected chi connectivity index (χ3v) is 4.03. The Kier molecular flexibility index (Phi) is 5.68. The van der Waals surface area contributed by atoms with Gasteiger partial charge in [-0.05, 0) is 70.2 Å². The van der Waals surface area contributed by atoms with Gasteiger partial charge in [0.15, 0.2) is 0 Å². The Morgan fingerprint density at radius 2 is 1.90 bits per heavy atom. The molecule has 0 aromatic heterocycles. The van der Waals surface area contributed by atoms with Gasteiger partial charge in [-0.3, -0.25) is 0 Å². The fourth-order valence-corrected chi connectivity index (χ4v) is 2.66. The van der Waals surface area contributed by atoms with Crippen LogP contribution >= 0.6 is 0 Å². The van der Waals surface area contributed by atoms with Crippen LogP contribution in [0.4, 0.5) is 5.69 Å². The van der Waals surface area contributed by atoms with Crippen LogP contribution in [0.3, 0.4) is 0 Å². The predicted molar refractivity (Wildman–Crippen MR) is 84.1 cm³/mol. The van der Waals surface area contributed by atoms with Crippen LogP contribution in [0, 0.1) is 5.92 Å². The lowest BCUT2D eigenvalue weighted by Gasteiger charge is -2.31. The second kappa shape index (κ2) is 7.50. The smallest absolute Gasteiger partial charge is 0.119 e. The number of hydrogen-bond donors (Lipinski definition) is 1. The molecule has 0 aliphatic carbocycles. The molecule has 1 aliphatic heterocycles. The first kappa shape index (κ1) is 15.1. The van der Waals surface area contributed by atoms with Crippen LogP contribution in [0.2, 0.25) is 0 Å². The minimum atomic E-state index is 0.729. The molecule has 0 amide bonds. The van der Waals surface area contributed by atoms with Crippen molar-refractivity contribution in [2.75, 3.05) is 52.6 Å². The minimum Gasteiger partial charge on any atom is -0.492 e. The number of nitrogen functional groups attached to an aromatic ring is 1. The number of nitrogens with zero attached hydrogens (tertiary/aromatic N) is 2. The van der Waals surface area contributed by atoms with Gasteiger partial charge in [-0.15, -0.1) is 0 Å². The predicted octanol–water partition coefficient (Wildman–Crippen LogP) is 1.92. The number of ether oxygens (including phenoxy) is 1. The number of nitrogens with two attached hydrogens (primary N) is 1. The lowest BCUT2D eigenvalue weighted by atomic mass is 9.97. The van der Waals surface area contributed by atoms with E-state index in [4.69, 9.17) is 10.5 Å². The van der Waals surface area contributed by atoms with Gasteiger partial charge in [0.2, 0.25) is 0 Å². The number of rotatable bonds is 6. The van der Waals surface area contributed by atoms with Crippen LogP contribution < -0.4 is 10.5 Å². The maximum Gasteiger partial charge on any atom is 0.119 e. The Labute approximate surface area is 122 Å². The molecule has 1 aliphatic rings. The largest absolute Gasteiger partial charge is 0.492 e. The maximum absolute atomic E-state index is 5.73. The fraction of sp³-hybridized carbons (Fsp3) is 0.625. The van der Waals surface area contributed by atoms with Crippen molar-refractivity contribution >= 4 is 5.69 Å². The SMILES string of the molecule is CN1CCC(CN(C)CCOc2ccc(N)cc2)CC1. The minimum absolute atomic E-state index is 0.729. The van der Waals surface area contributed by atoms with Gasteiger partial charge in [-0.25, -0.2) is 0 Å². The van der Waals surface area contributed by atoms with Crippen LogP contribution in [-0.4, -0.2) is 56.7 Å². The Morgan fingerprint density at radius 1 is 1.25 bits per heavy atom. The second-order valence-corrected chi connectivity index (χ2v) is 5.93. The van der Waals surface area contributed by atoms with Crippen molar-refractivity contribution in [3.05, 3.63) is 24.3 Å². The second-order valence-electron chi connectivity index (χ2n) is 5.93. The van der Waals surface area contributed by atoms with E-state index in [-0.39, 0.29) is 0 Å². The van der Waals surface area contributed by atoms with Crippen LogP contribution in [0.1, 0.15) is 12.8 Å². The molecule has 2 rings (SSSR count). The lowest BCUT2D eigenvalue weighted by Crippen LogP contribution is -2.36. The molecule has 4 nitrogen and oxygen atoms in total. The molecule has 0 unspecified atom stereocenters. The van der Waals surface area contributed by atoms with Gasteiger partial charge in [0.1, 0.15) is 12.4 Å². The van der Waals surface area contributed by atoms with E-state index < -0.39 is 0 Å². The summed E-state index contributed by atoms with van der Waals surface area (Å²) < 4.78 is 5.73. The molecule has 0 spiro atoms. The van der Waals surface area contributed by atoms with Crippen LogP contribution in [0.5, 0.6) is 5.75 Å². The molecule has 4 heteroatoms. The number of benzene rings is 1. The highest BCUT2D eigenvalue weighted by Crippen LogP contribution is 2.17. The maximum atomic E-state index is 5.73. The molecule has 1 fully saturated rings. The first-order chi connectivity index (χ1) is 9.63. The van der Waals surface area contributed by atoms with Crippen molar-refractivity contribution in [3.63, 3.8) is 0 Å². The summed E-state index contributed by atoms with van der Waals surface area (Å²) in [6.45, 7) is 5.35. The summed E-state index contributed by atoms with van der Waals surface area (Å²) >= 11 is 0. The highest BCUT2D eigenvalue weighted by atomic mass is 16.5. The molecule has 0 radical (unpaired) electrons. The summed E-state index contributed by atoms with van der Waals surface area (Å²) in [4.78, 5) is 4.80. The molecule has 1 aromatic rings. The number of likely N-dealkylation sites (tertiary alicyclic amines) is 1. The highest BCUT2D eigenvalue weighted by Gasteiger charge is 2.17. The van der Waals surface area contributed by atoms with E-state index in [1.807, 2.05) is 24.3 Å². The Balaban J connectivity index is 1.62. The molecule has 0 bridgehead atoms. The van der Waals surface area contributed by atoms with Crippen LogP contribution in [0.15, 0.2) is 24.3 Å². The van der Waals surface area contributed by atoms with Gasteiger partial charge >= 0.3 is 0 Å². The van der Waals surface area contributed by atoms with E-state index in [9.17, 15) is 0 Å².